The van der Waals surface area contributed by atoms with Crippen LogP contribution < -0.4 is 5.32 Å². The van der Waals surface area contributed by atoms with Gasteiger partial charge in [0.15, 0.2) is 0 Å². The normalized spacial score (nSPS) is 18.2. The monoisotopic (exact) mass is 220 g/mol. The van der Waals surface area contributed by atoms with E-state index in [1.165, 1.54) is 51.9 Å². The molecule has 86 valence electrons. The van der Waals surface area contributed by atoms with E-state index in [2.05, 4.69) is 24.2 Å². The minimum atomic E-state index is 0. The highest BCUT2D eigenvalue weighted by Crippen LogP contribution is 2.12. The second-order valence-electron chi connectivity index (χ2n) is 4.31. The first-order valence-corrected chi connectivity index (χ1v) is 5.72. The molecule has 1 fully saturated rings. The van der Waals surface area contributed by atoms with Gasteiger partial charge >= 0.3 is 0 Å². The van der Waals surface area contributed by atoms with Crippen molar-refractivity contribution >= 4 is 12.4 Å². The highest BCUT2D eigenvalue weighted by Gasteiger charge is 2.14. The molecule has 1 N–H and O–H groups in total. The van der Waals surface area contributed by atoms with Crippen LogP contribution in [0.3, 0.4) is 0 Å². The van der Waals surface area contributed by atoms with Crippen molar-refractivity contribution in [1.82, 2.24) is 10.2 Å². The van der Waals surface area contributed by atoms with Gasteiger partial charge in [-0.05, 0) is 51.9 Å². The number of nitrogens with zero attached hydrogens (tertiary/aromatic N) is 1. The molecular formula is C11H25ClN2. The Kier molecular flexibility index (Phi) is 8.64. The molecule has 0 bridgehead atoms. The standard InChI is InChI=1S/C11H24N2.ClH/c1-3-4-9-13(2)10-11-5-7-12-8-6-11;/h11-12H,3-10H2,1-2H3;1H. The number of unbranched alkanes of at least 4 members (excludes halogenated alkanes) is 1. The van der Waals surface area contributed by atoms with Gasteiger partial charge in [0.2, 0.25) is 0 Å². The number of hydrogen-bond donors (Lipinski definition) is 1. The van der Waals surface area contributed by atoms with Crippen LogP contribution in [0.5, 0.6) is 0 Å². The van der Waals surface area contributed by atoms with E-state index in [1.54, 1.807) is 0 Å². The van der Waals surface area contributed by atoms with Gasteiger partial charge in [-0.25, -0.2) is 0 Å². The van der Waals surface area contributed by atoms with Crippen LogP contribution in [0.4, 0.5) is 0 Å². The second-order valence-corrected chi connectivity index (χ2v) is 4.31. The van der Waals surface area contributed by atoms with Crippen LogP contribution in [0.2, 0.25) is 0 Å². The van der Waals surface area contributed by atoms with E-state index in [9.17, 15) is 0 Å². The molecule has 1 heterocycles. The van der Waals surface area contributed by atoms with Crippen LogP contribution in [-0.4, -0.2) is 38.1 Å². The lowest BCUT2D eigenvalue weighted by Crippen LogP contribution is -2.34. The van der Waals surface area contributed by atoms with Crippen molar-refractivity contribution in [2.45, 2.75) is 32.6 Å². The molecule has 3 heteroatoms. The average molecular weight is 221 g/mol. The molecule has 0 aromatic rings. The first-order chi connectivity index (χ1) is 6.33. The van der Waals surface area contributed by atoms with E-state index >= 15 is 0 Å². The number of halogens is 1. The molecule has 0 spiro atoms. The third-order valence-corrected chi connectivity index (χ3v) is 2.92. The molecule has 2 nitrogen and oxygen atoms in total. The highest BCUT2D eigenvalue weighted by atomic mass is 35.5. The Morgan fingerprint density at radius 1 is 1.29 bits per heavy atom. The zero-order chi connectivity index (χ0) is 9.52. The summed E-state index contributed by atoms with van der Waals surface area (Å²) in [6, 6.07) is 0. The van der Waals surface area contributed by atoms with Crippen molar-refractivity contribution in [1.29, 1.82) is 0 Å². The predicted molar refractivity (Wildman–Crippen MR) is 65.2 cm³/mol. The van der Waals surface area contributed by atoms with Crippen LogP contribution in [0.25, 0.3) is 0 Å². The van der Waals surface area contributed by atoms with Crippen LogP contribution in [0, 0.1) is 5.92 Å². The van der Waals surface area contributed by atoms with Gasteiger partial charge in [0.25, 0.3) is 0 Å². The molecule has 0 saturated carbocycles. The molecule has 1 rings (SSSR count). The first-order valence-electron chi connectivity index (χ1n) is 5.72. The lowest BCUT2D eigenvalue weighted by Gasteiger charge is -2.27. The largest absolute Gasteiger partial charge is 0.317 e. The summed E-state index contributed by atoms with van der Waals surface area (Å²) in [5.74, 6) is 0.947. The highest BCUT2D eigenvalue weighted by molar-refractivity contribution is 5.85. The Morgan fingerprint density at radius 2 is 1.93 bits per heavy atom. The summed E-state index contributed by atoms with van der Waals surface area (Å²) in [6.45, 7) is 7.30. The first kappa shape index (κ1) is 14.2. The molecule has 0 atom stereocenters. The van der Waals surface area contributed by atoms with Crippen molar-refractivity contribution in [2.75, 3.05) is 33.2 Å². The van der Waals surface area contributed by atoms with Crippen molar-refractivity contribution < 1.29 is 0 Å². The Labute approximate surface area is 94.8 Å². The molecule has 0 aromatic heterocycles. The molecule has 1 saturated heterocycles. The quantitative estimate of drug-likeness (QED) is 0.764. The van der Waals surface area contributed by atoms with E-state index in [-0.39, 0.29) is 12.4 Å². The van der Waals surface area contributed by atoms with E-state index in [1.807, 2.05) is 0 Å². The van der Waals surface area contributed by atoms with Crippen molar-refractivity contribution in [2.24, 2.45) is 5.92 Å². The van der Waals surface area contributed by atoms with Gasteiger partial charge in [-0.3, -0.25) is 0 Å². The number of hydrogen-bond acceptors (Lipinski definition) is 2. The summed E-state index contributed by atoms with van der Waals surface area (Å²) >= 11 is 0. The summed E-state index contributed by atoms with van der Waals surface area (Å²) in [6.07, 6.45) is 5.41. The minimum absolute atomic E-state index is 0. The SMILES string of the molecule is CCCCN(C)CC1CCNCC1.Cl. The maximum Gasteiger partial charge on any atom is 0.000755 e. The van der Waals surface area contributed by atoms with E-state index < -0.39 is 0 Å². The number of piperidine rings is 1. The average Bonchev–Trinajstić information content (AvgIpc) is 2.16. The van der Waals surface area contributed by atoms with E-state index in [4.69, 9.17) is 0 Å². The Bertz CT molecular complexity index is 124. The lowest BCUT2D eigenvalue weighted by atomic mass is 9.98. The van der Waals surface area contributed by atoms with E-state index in [0.29, 0.717) is 0 Å². The molecule has 0 amide bonds. The molecule has 1 aliphatic rings. The Morgan fingerprint density at radius 3 is 2.50 bits per heavy atom. The summed E-state index contributed by atoms with van der Waals surface area (Å²) in [5.41, 5.74) is 0. The van der Waals surface area contributed by atoms with Crippen molar-refractivity contribution in [3.05, 3.63) is 0 Å². The van der Waals surface area contributed by atoms with Crippen molar-refractivity contribution in [3.63, 3.8) is 0 Å². The zero-order valence-corrected chi connectivity index (χ0v) is 10.4. The molecular weight excluding hydrogens is 196 g/mol. The molecule has 0 aliphatic carbocycles. The fourth-order valence-corrected chi connectivity index (χ4v) is 2.02. The van der Waals surface area contributed by atoms with Gasteiger partial charge in [0.05, 0.1) is 0 Å². The molecule has 1 aliphatic heterocycles. The van der Waals surface area contributed by atoms with Gasteiger partial charge in [-0.1, -0.05) is 13.3 Å². The third kappa shape index (κ3) is 5.84. The van der Waals surface area contributed by atoms with E-state index in [0.717, 1.165) is 5.92 Å². The van der Waals surface area contributed by atoms with Gasteiger partial charge in [0, 0.05) is 6.54 Å². The number of rotatable bonds is 5. The minimum Gasteiger partial charge on any atom is -0.317 e. The molecule has 0 radical (unpaired) electrons. The fraction of sp³-hybridized carbons (Fsp3) is 1.00. The van der Waals surface area contributed by atoms with Gasteiger partial charge in [-0.2, -0.15) is 0 Å². The smallest absolute Gasteiger partial charge is 0.000755 e. The lowest BCUT2D eigenvalue weighted by molar-refractivity contribution is 0.238. The number of nitrogens with one attached hydrogen (secondary N) is 1. The predicted octanol–water partition coefficient (Wildman–Crippen LogP) is 2.14. The topological polar surface area (TPSA) is 15.3 Å². The Hall–Kier alpha value is 0.210. The van der Waals surface area contributed by atoms with Crippen molar-refractivity contribution in [3.8, 4) is 0 Å². The molecule has 14 heavy (non-hydrogen) atoms. The van der Waals surface area contributed by atoms with Gasteiger partial charge in [0.1, 0.15) is 0 Å². The Balaban J connectivity index is 0.00000169. The van der Waals surface area contributed by atoms with Gasteiger partial charge < -0.3 is 10.2 Å². The van der Waals surface area contributed by atoms with Crippen LogP contribution >= 0.6 is 12.4 Å². The maximum atomic E-state index is 3.41. The fourth-order valence-electron chi connectivity index (χ4n) is 2.02. The third-order valence-electron chi connectivity index (χ3n) is 2.92. The molecule has 0 aromatic carbocycles. The molecule has 0 unspecified atom stereocenters. The van der Waals surface area contributed by atoms with Gasteiger partial charge in [-0.15, -0.1) is 12.4 Å². The van der Waals surface area contributed by atoms with Crippen LogP contribution in [-0.2, 0) is 0 Å². The summed E-state index contributed by atoms with van der Waals surface area (Å²) in [4.78, 5) is 2.50. The van der Waals surface area contributed by atoms with Crippen LogP contribution in [0.1, 0.15) is 32.6 Å². The summed E-state index contributed by atoms with van der Waals surface area (Å²) in [7, 11) is 2.26. The second kappa shape index (κ2) is 8.51. The summed E-state index contributed by atoms with van der Waals surface area (Å²) in [5, 5.41) is 3.41. The maximum absolute atomic E-state index is 3.41. The van der Waals surface area contributed by atoms with Crippen LogP contribution in [0.15, 0.2) is 0 Å². The summed E-state index contributed by atoms with van der Waals surface area (Å²) < 4.78 is 0. The zero-order valence-electron chi connectivity index (χ0n) is 9.59.